The van der Waals surface area contributed by atoms with E-state index in [-0.39, 0.29) is 23.5 Å². The molecule has 0 aliphatic rings. The summed E-state index contributed by atoms with van der Waals surface area (Å²) in [6.07, 6.45) is 0. The number of benzene rings is 2. The van der Waals surface area contributed by atoms with Gasteiger partial charge in [-0.15, -0.1) is 10.2 Å². The zero-order valence-corrected chi connectivity index (χ0v) is 18.1. The lowest BCUT2D eigenvalue weighted by atomic mass is 10.3. The van der Waals surface area contributed by atoms with E-state index < -0.39 is 0 Å². The van der Waals surface area contributed by atoms with Gasteiger partial charge in [0, 0.05) is 6.07 Å². The van der Waals surface area contributed by atoms with Crippen molar-refractivity contribution in [1.82, 2.24) is 20.0 Å². The molecule has 1 N–H and O–H groups in total. The lowest BCUT2D eigenvalue weighted by molar-refractivity contribution is -0.113. The zero-order chi connectivity index (χ0) is 21.6. The highest BCUT2D eigenvalue weighted by Gasteiger charge is 2.14. The Bertz CT molecular complexity index is 1180. The van der Waals surface area contributed by atoms with E-state index in [1.54, 1.807) is 16.8 Å². The number of carbonyl (C=O) groups is 1. The first-order valence-electron chi connectivity index (χ1n) is 9.33. The number of para-hydroxylation sites is 2. The van der Waals surface area contributed by atoms with Crippen LogP contribution >= 0.6 is 23.4 Å². The predicted octanol–water partition coefficient (Wildman–Crippen LogP) is 4.53. The molecule has 158 valence electrons. The van der Waals surface area contributed by atoms with Crippen molar-refractivity contribution in [2.24, 2.45) is 0 Å². The maximum Gasteiger partial charge on any atom is 0.277 e. The van der Waals surface area contributed by atoms with E-state index in [1.165, 1.54) is 0 Å². The number of ether oxygens (including phenoxy) is 1. The molecule has 10 heteroatoms. The molecular formula is C21H18ClN5O3S. The Morgan fingerprint density at radius 2 is 1.94 bits per heavy atom. The number of nitrogens with zero attached hydrogens (tertiary/aromatic N) is 4. The minimum absolute atomic E-state index is 0.0824. The first-order valence-corrected chi connectivity index (χ1v) is 10.7. The summed E-state index contributed by atoms with van der Waals surface area (Å²) >= 11 is 7.19. The fourth-order valence-corrected chi connectivity index (χ4v) is 3.49. The Hall–Kier alpha value is -3.30. The molecule has 4 rings (SSSR count). The normalized spacial score (nSPS) is 10.8. The van der Waals surface area contributed by atoms with Crippen LogP contribution in [0.1, 0.15) is 11.6 Å². The third-order valence-corrected chi connectivity index (χ3v) is 5.19. The second-order valence-corrected chi connectivity index (χ2v) is 7.77. The number of anilines is 1. The van der Waals surface area contributed by atoms with Gasteiger partial charge < -0.3 is 14.5 Å². The molecule has 4 aromatic rings. The molecule has 2 aromatic heterocycles. The molecule has 0 atom stereocenters. The number of rotatable bonds is 8. The first-order chi connectivity index (χ1) is 15.1. The molecule has 0 unspecified atom stereocenters. The number of aromatic nitrogens is 4. The molecule has 2 heterocycles. The van der Waals surface area contributed by atoms with Gasteiger partial charge in [-0.1, -0.05) is 53.7 Å². The Morgan fingerprint density at radius 3 is 2.74 bits per heavy atom. The number of hydrogen-bond acceptors (Lipinski definition) is 7. The largest absolute Gasteiger partial charge is 0.482 e. The van der Waals surface area contributed by atoms with E-state index in [4.69, 9.17) is 20.8 Å². The smallest absolute Gasteiger partial charge is 0.277 e. The molecule has 1 amide bonds. The Labute approximate surface area is 187 Å². The van der Waals surface area contributed by atoms with Crippen molar-refractivity contribution in [3.05, 3.63) is 77.3 Å². The van der Waals surface area contributed by atoms with Gasteiger partial charge >= 0.3 is 0 Å². The molecular weight excluding hydrogens is 438 g/mol. The third-order valence-electron chi connectivity index (χ3n) is 4.06. The fraction of sp³-hybridized carbons (Fsp3) is 0.143. The maximum atomic E-state index is 12.4. The molecule has 0 saturated carbocycles. The van der Waals surface area contributed by atoms with Crippen LogP contribution in [-0.2, 0) is 11.4 Å². The minimum Gasteiger partial charge on any atom is -0.482 e. The standard InChI is InChI=1S/C21H18ClN5O3S/c1-14-11-18(27(26-14)15-7-3-2-4-8-15)23-19(28)13-31-21-25-24-20(30-21)12-29-17-10-6-5-9-16(17)22/h2-11H,12-13H2,1H3,(H,23,28). The summed E-state index contributed by atoms with van der Waals surface area (Å²) in [5.74, 6) is 1.30. The van der Waals surface area contributed by atoms with Crippen LogP contribution in [0.3, 0.4) is 0 Å². The van der Waals surface area contributed by atoms with Gasteiger partial charge in [0.15, 0.2) is 6.61 Å². The number of aryl methyl sites for hydroxylation is 1. The summed E-state index contributed by atoms with van der Waals surface area (Å²) in [4.78, 5) is 12.4. The SMILES string of the molecule is Cc1cc(NC(=O)CSc2nnc(COc3ccccc3Cl)o2)n(-c2ccccc2)n1. The molecule has 0 aliphatic carbocycles. The molecule has 2 aromatic carbocycles. The molecule has 0 bridgehead atoms. The van der Waals surface area contributed by atoms with E-state index in [0.717, 1.165) is 23.1 Å². The summed E-state index contributed by atoms with van der Waals surface area (Å²) in [7, 11) is 0. The lowest BCUT2D eigenvalue weighted by Crippen LogP contribution is -2.16. The van der Waals surface area contributed by atoms with E-state index in [9.17, 15) is 4.79 Å². The van der Waals surface area contributed by atoms with Crippen molar-refractivity contribution >= 4 is 35.1 Å². The number of nitrogens with one attached hydrogen (secondary N) is 1. The lowest BCUT2D eigenvalue weighted by Gasteiger charge is -2.08. The minimum atomic E-state index is -0.214. The molecule has 0 aliphatic heterocycles. The van der Waals surface area contributed by atoms with Gasteiger partial charge in [-0.2, -0.15) is 5.10 Å². The molecule has 0 fully saturated rings. The van der Waals surface area contributed by atoms with E-state index in [0.29, 0.717) is 22.5 Å². The van der Waals surface area contributed by atoms with Gasteiger partial charge in [-0.25, -0.2) is 4.68 Å². The highest BCUT2D eigenvalue weighted by molar-refractivity contribution is 7.99. The van der Waals surface area contributed by atoms with Crippen molar-refractivity contribution in [2.75, 3.05) is 11.1 Å². The molecule has 8 nitrogen and oxygen atoms in total. The second kappa shape index (κ2) is 9.67. The number of amides is 1. The Morgan fingerprint density at radius 1 is 1.16 bits per heavy atom. The number of halogens is 1. The van der Waals surface area contributed by atoms with Gasteiger partial charge in [0.1, 0.15) is 11.6 Å². The molecule has 31 heavy (non-hydrogen) atoms. The van der Waals surface area contributed by atoms with Crippen LogP contribution in [0.5, 0.6) is 5.75 Å². The monoisotopic (exact) mass is 455 g/mol. The Kier molecular flexibility index (Phi) is 6.54. The summed E-state index contributed by atoms with van der Waals surface area (Å²) < 4.78 is 12.8. The Balaban J connectivity index is 1.32. The molecule has 0 saturated heterocycles. The van der Waals surface area contributed by atoms with Crippen LogP contribution < -0.4 is 10.1 Å². The van der Waals surface area contributed by atoms with Gasteiger partial charge in [-0.3, -0.25) is 4.79 Å². The second-order valence-electron chi connectivity index (χ2n) is 6.44. The predicted molar refractivity (Wildman–Crippen MR) is 118 cm³/mol. The topological polar surface area (TPSA) is 95.1 Å². The number of hydrogen-bond donors (Lipinski definition) is 1. The molecule has 0 radical (unpaired) electrons. The van der Waals surface area contributed by atoms with Crippen LogP contribution in [0.15, 0.2) is 70.3 Å². The van der Waals surface area contributed by atoms with Crippen molar-refractivity contribution in [2.45, 2.75) is 18.8 Å². The first kappa shape index (κ1) is 21.0. The fourth-order valence-electron chi connectivity index (χ4n) is 2.72. The average molecular weight is 456 g/mol. The van der Waals surface area contributed by atoms with Gasteiger partial charge in [0.2, 0.25) is 5.91 Å². The summed E-state index contributed by atoms with van der Waals surface area (Å²) in [5, 5.41) is 15.9. The van der Waals surface area contributed by atoms with Crippen LogP contribution in [-0.4, -0.2) is 31.6 Å². The average Bonchev–Trinajstić information content (AvgIpc) is 3.38. The quantitative estimate of drug-likeness (QED) is 0.390. The highest BCUT2D eigenvalue weighted by Crippen LogP contribution is 2.24. The maximum absolute atomic E-state index is 12.4. The summed E-state index contributed by atoms with van der Waals surface area (Å²) in [6.45, 7) is 1.95. The van der Waals surface area contributed by atoms with Crippen LogP contribution in [0.2, 0.25) is 5.02 Å². The zero-order valence-electron chi connectivity index (χ0n) is 16.5. The summed E-state index contributed by atoms with van der Waals surface area (Å²) in [5.41, 5.74) is 1.66. The van der Waals surface area contributed by atoms with Gasteiger partial charge in [-0.05, 0) is 31.2 Å². The third kappa shape index (κ3) is 5.44. The van der Waals surface area contributed by atoms with Gasteiger partial charge in [0.25, 0.3) is 11.1 Å². The van der Waals surface area contributed by atoms with Crippen molar-refractivity contribution in [3.63, 3.8) is 0 Å². The van der Waals surface area contributed by atoms with Gasteiger partial charge in [0.05, 0.1) is 22.2 Å². The molecule has 0 spiro atoms. The van der Waals surface area contributed by atoms with Crippen molar-refractivity contribution < 1.29 is 13.9 Å². The van der Waals surface area contributed by atoms with E-state index in [2.05, 4.69) is 20.6 Å². The van der Waals surface area contributed by atoms with Crippen LogP contribution in [0.4, 0.5) is 5.82 Å². The summed E-state index contributed by atoms with van der Waals surface area (Å²) in [6, 6.07) is 18.5. The highest BCUT2D eigenvalue weighted by atomic mass is 35.5. The van der Waals surface area contributed by atoms with Crippen LogP contribution in [0, 0.1) is 6.92 Å². The van der Waals surface area contributed by atoms with E-state index >= 15 is 0 Å². The van der Waals surface area contributed by atoms with Crippen LogP contribution in [0.25, 0.3) is 5.69 Å². The van der Waals surface area contributed by atoms with Crippen molar-refractivity contribution in [3.8, 4) is 11.4 Å². The number of thioether (sulfide) groups is 1. The van der Waals surface area contributed by atoms with E-state index in [1.807, 2.05) is 55.5 Å². The van der Waals surface area contributed by atoms with Crippen molar-refractivity contribution in [1.29, 1.82) is 0 Å². The number of carbonyl (C=O) groups excluding carboxylic acids is 1.